The molecule has 8 nitrogen and oxygen atoms in total. The van der Waals surface area contributed by atoms with Gasteiger partial charge in [0.2, 0.25) is 0 Å². The van der Waals surface area contributed by atoms with Crippen LogP contribution in [0.2, 0.25) is 10.0 Å². The van der Waals surface area contributed by atoms with E-state index in [0.29, 0.717) is 53.3 Å². The topological polar surface area (TPSA) is 103 Å². The minimum Gasteiger partial charge on any atom is -0.496 e. The molecule has 0 spiro atoms. The van der Waals surface area contributed by atoms with Crippen molar-refractivity contribution in [1.82, 2.24) is 4.57 Å². The predicted molar refractivity (Wildman–Crippen MR) is 161 cm³/mol. The molecule has 1 aliphatic heterocycles. The number of aromatic nitrogens is 1. The maximum atomic E-state index is 14.0. The number of rotatable bonds is 7. The SMILES string of the molecule is COC(=O)C1=C(C)N=c2s/c(=C\c3cc(Cl)ccc3OCc3ccc(C#N)cc3)c(=O)n2[C@H]1c1cc(Cl)ccc1OC. The van der Waals surface area contributed by atoms with Crippen LogP contribution < -0.4 is 24.4 Å². The standard InChI is InChI=1S/C31H23Cl2N3O5S/c1-17-27(30(38)40-3)28(23-14-22(33)9-11-25(23)39-2)36-29(37)26(42-31(36)35-17)13-20-12-21(32)8-10-24(20)41-16-19-6-4-18(15-34)5-7-19/h4-14,28H,16H2,1-3H3/b26-13-/t28-/m0/s1. The Morgan fingerprint density at radius 3 is 2.43 bits per heavy atom. The summed E-state index contributed by atoms with van der Waals surface area (Å²) in [5, 5.41) is 9.92. The van der Waals surface area contributed by atoms with Gasteiger partial charge in [-0.05, 0) is 67.1 Å². The molecule has 0 saturated carbocycles. The van der Waals surface area contributed by atoms with Crippen molar-refractivity contribution in [1.29, 1.82) is 5.26 Å². The van der Waals surface area contributed by atoms with Crippen molar-refractivity contribution in [3.63, 3.8) is 0 Å². The second-order valence-corrected chi connectivity index (χ2v) is 11.1. The maximum absolute atomic E-state index is 14.0. The number of ether oxygens (including phenoxy) is 3. The van der Waals surface area contributed by atoms with Gasteiger partial charge in [-0.15, -0.1) is 0 Å². The molecule has 5 rings (SSSR count). The Labute approximate surface area is 254 Å². The van der Waals surface area contributed by atoms with Crippen LogP contribution in [0.5, 0.6) is 11.5 Å². The number of benzene rings is 3. The summed E-state index contributed by atoms with van der Waals surface area (Å²) in [5.74, 6) is 0.336. The highest BCUT2D eigenvalue weighted by atomic mass is 35.5. The van der Waals surface area contributed by atoms with Crippen LogP contribution in [0.15, 0.2) is 81.7 Å². The summed E-state index contributed by atoms with van der Waals surface area (Å²) in [5.41, 5.74) is 2.76. The third-order valence-electron chi connectivity index (χ3n) is 6.65. The van der Waals surface area contributed by atoms with E-state index in [-0.39, 0.29) is 17.7 Å². The van der Waals surface area contributed by atoms with Gasteiger partial charge in [-0.1, -0.05) is 46.7 Å². The van der Waals surface area contributed by atoms with Crippen LogP contribution in [0.3, 0.4) is 0 Å². The molecule has 0 saturated heterocycles. The first kappa shape index (κ1) is 29.1. The van der Waals surface area contributed by atoms with Gasteiger partial charge in [0.05, 0.1) is 41.7 Å². The van der Waals surface area contributed by atoms with Crippen molar-refractivity contribution < 1.29 is 19.0 Å². The molecule has 3 aromatic carbocycles. The quantitative estimate of drug-likeness (QED) is 0.264. The number of methoxy groups -OCH3 is 2. The van der Waals surface area contributed by atoms with Gasteiger partial charge in [0.1, 0.15) is 24.1 Å². The van der Waals surface area contributed by atoms with E-state index < -0.39 is 12.0 Å². The van der Waals surface area contributed by atoms with Crippen LogP contribution in [0.25, 0.3) is 6.08 Å². The summed E-state index contributed by atoms with van der Waals surface area (Å²) >= 11 is 13.8. The Morgan fingerprint density at radius 1 is 1.07 bits per heavy atom. The summed E-state index contributed by atoms with van der Waals surface area (Å²) in [6.07, 6.45) is 1.69. The van der Waals surface area contributed by atoms with Gasteiger partial charge in [0.25, 0.3) is 5.56 Å². The molecule has 0 unspecified atom stereocenters. The Kier molecular flexibility index (Phi) is 8.50. The molecule has 0 aliphatic carbocycles. The van der Waals surface area contributed by atoms with E-state index >= 15 is 0 Å². The fourth-order valence-corrected chi connectivity index (χ4v) is 6.05. The number of allylic oxidation sites excluding steroid dienone is 1. The van der Waals surface area contributed by atoms with Gasteiger partial charge >= 0.3 is 5.97 Å². The minimum atomic E-state index is -0.893. The molecule has 11 heteroatoms. The van der Waals surface area contributed by atoms with Gasteiger partial charge in [0.15, 0.2) is 4.80 Å². The second-order valence-electron chi connectivity index (χ2n) is 9.24. The number of fused-ring (bicyclic) bond motifs is 1. The molecule has 0 N–H and O–H groups in total. The van der Waals surface area contributed by atoms with Gasteiger partial charge in [-0.25, -0.2) is 9.79 Å². The van der Waals surface area contributed by atoms with E-state index in [9.17, 15) is 9.59 Å². The Morgan fingerprint density at radius 2 is 1.76 bits per heavy atom. The van der Waals surface area contributed by atoms with E-state index in [1.165, 1.54) is 30.1 Å². The molecular weight excluding hydrogens is 597 g/mol. The summed E-state index contributed by atoms with van der Waals surface area (Å²) in [4.78, 5) is 32.0. The van der Waals surface area contributed by atoms with Crippen LogP contribution in [-0.2, 0) is 16.1 Å². The zero-order chi connectivity index (χ0) is 30.0. The first-order chi connectivity index (χ1) is 20.2. The molecule has 42 heavy (non-hydrogen) atoms. The lowest BCUT2D eigenvalue weighted by molar-refractivity contribution is -0.136. The largest absolute Gasteiger partial charge is 0.496 e. The fourth-order valence-electron chi connectivity index (χ4n) is 4.65. The molecule has 4 aromatic rings. The van der Waals surface area contributed by atoms with Crippen LogP contribution in [0, 0.1) is 11.3 Å². The lowest BCUT2D eigenvalue weighted by Gasteiger charge is -2.25. The summed E-state index contributed by atoms with van der Waals surface area (Å²) in [6, 6.07) is 18.4. The number of carbonyl (C=O) groups excluding carboxylic acids is 1. The van der Waals surface area contributed by atoms with Crippen molar-refractivity contribution in [2.75, 3.05) is 14.2 Å². The molecule has 0 bridgehead atoms. The number of nitrogens with zero attached hydrogens (tertiary/aromatic N) is 3. The number of halogens is 2. The molecule has 1 aliphatic rings. The van der Waals surface area contributed by atoms with Crippen molar-refractivity contribution in [3.05, 3.63) is 124 Å². The Hall–Kier alpha value is -4.36. The molecular formula is C31H23Cl2N3O5S. The van der Waals surface area contributed by atoms with Crippen molar-refractivity contribution >= 4 is 46.6 Å². The van der Waals surface area contributed by atoms with Gasteiger partial charge in [-0.3, -0.25) is 9.36 Å². The highest BCUT2D eigenvalue weighted by molar-refractivity contribution is 7.07. The number of hydrogen-bond donors (Lipinski definition) is 0. The first-order valence-corrected chi connectivity index (χ1v) is 14.2. The average Bonchev–Trinajstić information content (AvgIpc) is 3.29. The van der Waals surface area contributed by atoms with Crippen molar-refractivity contribution in [2.24, 2.45) is 4.99 Å². The van der Waals surface area contributed by atoms with Crippen LogP contribution >= 0.6 is 34.5 Å². The monoisotopic (exact) mass is 619 g/mol. The van der Waals surface area contributed by atoms with Crippen LogP contribution in [-0.4, -0.2) is 24.8 Å². The van der Waals surface area contributed by atoms with E-state index in [4.69, 9.17) is 42.7 Å². The number of nitriles is 1. The average molecular weight is 621 g/mol. The summed E-state index contributed by atoms with van der Waals surface area (Å²) < 4.78 is 18.5. The Bertz CT molecular complexity index is 1960. The van der Waals surface area contributed by atoms with Crippen LogP contribution in [0.4, 0.5) is 0 Å². The lowest BCUT2D eigenvalue weighted by atomic mass is 9.95. The molecule has 212 valence electrons. The highest BCUT2D eigenvalue weighted by Crippen LogP contribution is 2.37. The van der Waals surface area contributed by atoms with Gasteiger partial charge in [0, 0.05) is 21.2 Å². The van der Waals surface area contributed by atoms with Gasteiger partial charge < -0.3 is 14.2 Å². The van der Waals surface area contributed by atoms with E-state index in [1.54, 1.807) is 61.5 Å². The van der Waals surface area contributed by atoms with E-state index in [2.05, 4.69) is 11.1 Å². The minimum absolute atomic E-state index is 0.200. The number of thiazole rings is 1. The normalized spacial score (nSPS) is 14.6. The zero-order valence-corrected chi connectivity index (χ0v) is 25.0. The van der Waals surface area contributed by atoms with Crippen molar-refractivity contribution in [3.8, 4) is 17.6 Å². The third kappa shape index (κ3) is 5.70. The van der Waals surface area contributed by atoms with Crippen LogP contribution in [0.1, 0.15) is 35.2 Å². The third-order valence-corrected chi connectivity index (χ3v) is 8.10. The van der Waals surface area contributed by atoms with E-state index in [0.717, 1.165) is 5.56 Å². The predicted octanol–water partition coefficient (Wildman–Crippen LogP) is 5.17. The molecule has 0 fully saturated rings. The highest BCUT2D eigenvalue weighted by Gasteiger charge is 2.35. The van der Waals surface area contributed by atoms with Gasteiger partial charge in [-0.2, -0.15) is 5.26 Å². The van der Waals surface area contributed by atoms with Crippen molar-refractivity contribution in [2.45, 2.75) is 19.6 Å². The zero-order valence-electron chi connectivity index (χ0n) is 22.7. The smallest absolute Gasteiger partial charge is 0.338 e. The number of esters is 1. The second kappa shape index (κ2) is 12.2. The number of carbonyl (C=O) groups is 1. The Balaban J connectivity index is 1.64. The molecule has 0 amide bonds. The fraction of sp³-hybridized carbons (Fsp3) is 0.161. The maximum Gasteiger partial charge on any atom is 0.338 e. The molecule has 1 aromatic heterocycles. The summed E-state index contributed by atoms with van der Waals surface area (Å²) in [7, 11) is 2.78. The summed E-state index contributed by atoms with van der Waals surface area (Å²) in [6.45, 7) is 1.94. The first-order valence-electron chi connectivity index (χ1n) is 12.6. The molecule has 1 atom stereocenters. The molecule has 0 radical (unpaired) electrons. The number of hydrogen-bond acceptors (Lipinski definition) is 8. The van der Waals surface area contributed by atoms with E-state index in [1.807, 2.05) is 12.1 Å². The lowest BCUT2D eigenvalue weighted by Crippen LogP contribution is -2.40. The molecule has 2 heterocycles.